The number of rotatable bonds is 8. The van der Waals surface area contributed by atoms with Crippen LogP contribution in [0.2, 0.25) is 0 Å². The number of carbonyl (C=O) groups is 2. The molecule has 35 heavy (non-hydrogen) atoms. The summed E-state index contributed by atoms with van der Waals surface area (Å²) in [7, 11) is -3.70. The molecule has 0 aliphatic carbocycles. The van der Waals surface area contributed by atoms with E-state index in [1.54, 1.807) is 12.1 Å². The number of esters is 1. The summed E-state index contributed by atoms with van der Waals surface area (Å²) in [5.74, 6) is -1.12. The van der Waals surface area contributed by atoms with Crippen LogP contribution in [0, 0.1) is 6.92 Å². The summed E-state index contributed by atoms with van der Waals surface area (Å²) in [5.41, 5.74) is 2.90. The number of sulfonamides is 1. The number of carbonyl (C=O) groups excluding carboxylic acids is 2. The van der Waals surface area contributed by atoms with Crippen molar-refractivity contribution in [3.63, 3.8) is 0 Å². The summed E-state index contributed by atoms with van der Waals surface area (Å²) in [4.78, 5) is 27.5. The molecule has 0 radical (unpaired) electrons. The fraction of sp³-hybridized carbons (Fsp3) is 0.462. The molecule has 0 bridgehead atoms. The fourth-order valence-electron chi connectivity index (χ4n) is 4.49. The molecule has 9 heteroatoms. The number of piperidine rings is 1. The molecule has 188 valence electrons. The van der Waals surface area contributed by atoms with Gasteiger partial charge in [0.1, 0.15) is 0 Å². The van der Waals surface area contributed by atoms with Crippen LogP contribution in [0.15, 0.2) is 47.4 Å². The Bertz CT molecular complexity index is 1150. The molecule has 1 amide bonds. The molecule has 4 rings (SSSR count). The third-order valence-electron chi connectivity index (χ3n) is 6.53. The Hall–Kier alpha value is -2.91. The summed E-state index contributed by atoms with van der Waals surface area (Å²) >= 11 is 0. The van der Waals surface area contributed by atoms with Crippen molar-refractivity contribution < 1.29 is 22.7 Å². The highest BCUT2D eigenvalue weighted by Gasteiger charge is 2.29. The number of nitrogens with zero attached hydrogens (tertiary/aromatic N) is 2. The molecule has 2 aromatic rings. The van der Waals surface area contributed by atoms with Gasteiger partial charge in [0.25, 0.3) is 5.91 Å². The predicted molar refractivity (Wildman–Crippen MR) is 134 cm³/mol. The first kappa shape index (κ1) is 25.2. The van der Waals surface area contributed by atoms with Gasteiger partial charge < -0.3 is 15.0 Å². The first-order valence-corrected chi connectivity index (χ1v) is 13.7. The lowest BCUT2D eigenvalue weighted by atomic mass is 10.1. The summed E-state index contributed by atoms with van der Waals surface area (Å²) in [6, 6.07) is 12.5. The van der Waals surface area contributed by atoms with Crippen molar-refractivity contribution in [1.29, 1.82) is 0 Å². The maximum Gasteiger partial charge on any atom is 0.340 e. The third kappa shape index (κ3) is 6.21. The average molecular weight is 500 g/mol. The Kier molecular flexibility index (Phi) is 8.07. The second-order valence-electron chi connectivity index (χ2n) is 9.18. The maximum atomic E-state index is 13.2. The van der Waals surface area contributed by atoms with Crippen molar-refractivity contribution in [2.45, 2.75) is 50.5 Å². The van der Waals surface area contributed by atoms with Crippen LogP contribution in [0.25, 0.3) is 0 Å². The minimum Gasteiger partial charge on any atom is -0.452 e. The number of benzene rings is 2. The molecule has 0 unspecified atom stereocenters. The van der Waals surface area contributed by atoms with Gasteiger partial charge >= 0.3 is 5.97 Å². The van der Waals surface area contributed by atoms with Gasteiger partial charge in [-0.3, -0.25) is 4.79 Å². The molecule has 2 fully saturated rings. The molecule has 0 saturated carbocycles. The lowest BCUT2D eigenvalue weighted by Gasteiger charge is -2.27. The number of nitrogens with one attached hydrogen (secondary N) is 1. The normalized spacial score (nSPS) is 16.8. The fourth-order valence-corrected chi connectivity index (χ4v) is 6.04. The highest BCUT2D eigenvalue weighted by Crippen LogP contribution is 2.30. The van der Waals surface area contributed by atoms with E-state index in [-0.39, 0.29) is 10.5 Å². The number of amides is 1. The van der Waals surface area contributed by atoms with Gasteiger partial charge in [0.2, 0.25) is 10.0 Å². The van der Waals surface area contributed by atoms with Crippen molar-refractivity contribution in [2.75, 3.05) is 37.7 Å². The molecule has 0 spiro atoms. The van der Waals surface area contributed by atoms with Gasteiger partial charge in [-0.25, -0.2) is 13.2 Å². The number of hydrogen-bond acceptors (Lipinski definition) is 6. The Morgan fingerprint density at radius 3 is 2.26 bits per heavy atom. The Morgan fingerprint density at radius 1 is 0.914 bits per heavy atom. The molecule has 0 atom stereocenters. The van der Waals surface area contributed by atoms with Gasteiger partial charge in [0.05, 0.1) is 16.1 Å². The quantitative estimate of drug-likeness (QED) is 0.560. The van der Waals surface area contributed by atoms with E-state index in [4.69, 9.17) is 4.74 Å². The Labute approximate surface area is 207 Å². The van der Waals surface area contributed by atoms with E-state index < -0.39 is 28.5 Å². The van der Waals surface area contributed by atoms with Gasteiger partial charge in [-0.2, -0.15) is 4.31 Å². The molecule has 2 saturated heterocycles. The van der Waals surface area contributed by atoms with Crippen molar-refractivity contribution in [2.24, 2.45) is 0 Å². The van der Waals surface area contributed by atoms with Crippen LogP contribution in [0.5, 0.6) is 0 Å². The average Bonchev–Trinajstić information content (AvgIpc) is 3.42. The lowest BCUT2D eigenvalue weighted by Crippen LogP contribution is -2.35. The molecule has 1 N–H and O–H groups in total. The molecular formula is C26H33N3O5S. The van der Waals surface area contributed by atoms with E-state index in [9.17, 15) is 18.0 Å². The van der Waals surface area contributed by atoms with Crippen molar-refractivity contribution >= 4 is 27.6 Å². The van der Waals surface area contributed by atoms with Crippen LogP contribution in [-0.2, 0) is 26.1 Å². The lowest BCUT2D eigenvalue weighted by molar-refractivity contribution is -0.124. The number of ether oxygens (including phenoxy) is 1. The smallest absolute Gasteiger partial charge is 0.340 e. The molecule has 2 aliphatic heterocycles. The van der Waals surface area contributed by atoms with Crippen molar-refractivity contribution in [1.82, 2.24) is 9.62 Å². The van der Waals surface area contributed by atoms with Gasteiger partial charge in [0.15, 0.2) is 6.61 Å². The number of anilines is 1. The second-order valence-corrected chi connectivity index (χ2v) is 11.1. The zero-order chi connectivity index (χ0) is 24.8. The molecule has 2 aliphatic rings. The second kappa shape index (κ2) is 11.2. The SMILES string of the molecule is Cc1ccc(CNC(=O)COC(=O)c2cc(S(=O)(=O)N3CCCCC3)ccc2N2CCCC2)cc1. The van der Waals surface area contributed by atoms with E-state index in [2.05, 4.69) is 10.2 Å². The molecule has 0 aromatic heterocycles. The monoisotopic (exact) mass is 499 g/mol. The van der Waals surface area contributed by atoms with E-state index in [0.717, 1.165) is 56.3 Å². The molecule has 2 aromatic carbocycles. The van der Waals surface area contributed by atoms with Gasteiger partial charge in [-0.15, -0.1) is 0 Å². The summed E-state index contributed by atoms with van der Waals surface area (Å²) in [6.07, 6.45) is 4.69. The third-order valence-corrected chi connectivity index (χ3v) is 8.43. The zero-order valence-corrected chi connectivity index (χ0v) is 21.0. The molecule has 2 heterocycles. The van der Waals surface area contributed by atoms with E-state index in [1.807, 2.05) is 31.2 Å². The molecular weight excluding hydrogens is 466 g/mol. The van der Waals surface area contributed by atoms with E-state index in [0.29, 0.717) is 25.3 Å². The summed E-state index contributed by atoms with van der Waals surface area (Å²) in [6.45, 7) is 4.43. The van der Waals surface area contributed by atoms with Crippen molar-refractivity contribution in [3.05, 3.63) is 59.2 Å². The first-order chi connectivity index (χ1) is 16.8. The zero-order valence-electron chi connectivity index (χ0n) is 20.2. The van der Waals surface area contributed by atoms with E-state index in [1.165, 1.54) is 10.4 Å². The van der Waals surface area contributed by atoms with E-state index >= 15 is 0 Å². The van der Waals surface area contributed by atoms with Crippen molar-refractivity contribution in [3.8, 4) is 0 Å². The number of hydrogen-bond donors (Lipinski definition) is 1. The topological polar surface area (TPSA) is 96.0 Å². The Balaban J connectivity index is 1.47. The standard InChI is InChI=1S/C26H33N3O5S/c1-20-7-9-21(10-8-20)18-27-25(30)19-34-26(31)23-17-22(11-12-24(23)28-13-5-6-14-28)35(32,33)29-15-3-2-4-16-29/h7-12,17H,2-6,13-16,18-19H2,1H3,(H,27,30). The van der Waals surface area contributed by atoms with Crippen LogP contribution >= 0.6 is 0 Å². The highest BCUT2D eigenvalue weighted by molar-refractivity contribution is 7.89. The largest absolute Gasteiger partial charge is 0.452 e. The van der Waals surface area contributed by atoms with Crippen LogP contribution < -0.4 is 10.2 Å². The van der Waals surface area contributed by atoms with Gasteiger partial charge in [-0.05, 0) is 56.4 Å². The summed E-state index contributed by atoms with van der Waals surface area (Å²) in [5, 5.41) is 2.74. The Morgan fingerprint density at radius 2 is 1.57 bits per heavy atom. The van der Waals surface area contributed by atoms with Crippen LogP contribution in [-0.4, -0.2) is 57.4 Å². The highest BCUT2D eigenvalue weighted by atomic mass is 32.2. The maximum absolute atomic E-state index is 13.2. The summed E-state index contributed by atoms with van der Waals surface area (Å²) < 4.78 is 33.2. The minimum atomic E-state index is -3.70. The van der Waals surface area contributed by atoms with Gasteiger partial charge in [-0.1, -0.05) is 36.2 Å². The minimum absolute atomic E-state index is 0.0816. The van der Waals surface area contributed by atoms with Crippen LogP contribution in [0.3, 0.4) is 0 Å². The van der Waals surface area contributed by atoms with Crippen LogP contribution in [0.4, 0.5) is 5.69 Å². The van der Waals surface area contributed by atoms with Crippen LogP contribution in [0.1, 0.15) is 53.6 Å². The molecule has 8 nitrogen and oxygen atoms in total. The first-order valence-electron chi connectivity index (χ1n) is 12.2. The number of aryl methyl sites for hydroxylation is 1. The predicted octanol–water partition coefficient (Wildman–Crippen LogP) is 3.24. The van der Waals surface area contributed by atoms with Gasteiger partial charge in [0, 0.05) is 32.7 Å².